The maximum Gasteiger partial charge on any atom is 0.325 e. The molecule has 0 aromatic heterocycles. The van der Waals surface area contributed by atoms with Gasteiger partial charge < -0.3 is 9.84 Å². The fourth-order valence-electron chi connectivity index (χ4n) is 2.50. The number of carboxylic acid groups (broad SMARTS) is 1. The SMILES string of the molecule is COc1ccc(C(NC2CCCC2)C(=O)O)cc1F. The summed E-state index contributed by atoms with van der Waals surface area (Å²) in [7, 11) is 1.38. The molecule has 19 heavy (non-hydrogen) atoms. The number of halogens is 1. The van der Waals surface area contributed by atoms with E-state index in [1.54, 1.807) is 6.07 Å². The molecule has 0 bridgehead atoms. The third kappa shape index (κ3) is 3.23. The van der Waals surface area contributed by atoms with Crippen LogP contribution in [0.15, 0.2) is 18.2 Å². The zero-order valence-corrected chi connectivity index (χ0v) is 10.9. The third-order valence-corrected chi connectivity index (χ3v) is 3.51. The van der Waals surface area contributed by atoms with Crippen LogP contribution < -0.4 is 10.1 Å². The first kappa shape index (κ1) is 13.8. The smallest absolute Gasteiger partial charge is 0.325 e. The molecular weight excluding hydrogens is 249 g/mol. The van der Waals surface area contributed by atoms with Crippen molar-refractivity contribution >= 4 is 5.97 Å². The van der Waals surface area contributed by atoms with Crippen LogP contribution in [0.2, 0.25) is 0 Å². The Bertz CT molecular complexity index is 458. The molecule has 1 aliphatic rings. The Balaban J connectivity index is 2.18. The fourth-order valence-corrected chi connectivity index (χ4v) is 2.50. The van der Waals surface area contributed by atoms with Gasteiger partial charge in [0.05, 0.1) is 7.11 Å². The first-order valence-electron chi connectivity index (χ1n) is 6.44. The molecule has 1 aromatic carbocycles. The summed E-state index contributed by atoms with van der Waals surface area (Å²) in [5.74, 6) is -1.41. The molecule has 2 N–H and O–H groups in total. The normalized spacial score (nSPS) is 17.4. The Hall–Kier alpha value is -1.62. The van der Waals surface area contributed by atoms with Gasteiger partial charge in [-0.2, -0.15) is 0 Å². The molecule has 0 radical (unpaired) electrons. The van der Waals surface area contributed by atoms with E-state index >= 15 is 0 Å². The van der Waals surface area contributed by atoms with Crippen molar-refractivity contribution in [3.05, 3.63) is 29.6 Å². The highest BCUT2D eigenvalue weighted by molar-refractivity contribution is 5.75. The molecule has 1 fully saturated rings. The van der Waals surface area contributed by atoms with Gasteiger partial charge in [-0.15, -0.1) is 0 Å². The van der Waals surface area contributed by atoms with Gasteiger partial charge in [-0.1, -0.05) is 18.9 Å². The monoisotopic (exact) mass is 267 g/mol. The van der Waals surface area contributed by atoms with Gasteiger partial charge in [0.2, 0.25) is 0 Å². The van der Waals surface area contributed by atoms with E-state index in [2.05, 4.69) is 5.32 Å². The van der Waals surface area contributed by atoms with Gasteiger partial charge in [0.25, 0.3) is 0 Å². The number of rotatable bonds is 5. The van der Waals surface area contributed by atoms with Gasteiger partial charge in [-0.05, 0) is 30.5 Å². The summed E-state index contributed by atoms with van der Waals surface area (Å²) in [4.78, 5) is 11.3. The van der Waals surface area contributed by atoms with Crippen molar-refractivity contribution in [1.29, 1.82) is 0 Å². The summed E-state index contributed by atoms with van der Waals surface area (Å²) in [5.41, 5.74) is 0.415. The second-order valence-corrected chi connectivity index (χ2v) is 4.81. The second-order valence-electron chi connectivity index (χ2n) is 4.81. The maximum atomic E-state index is 13.6. The molecule has 104 valence electrons. The zero-order chi connectivity index (χ0) is 13.8. The maximum absolute atomic E-state index is 13.6. The Labute approximate surface area is 111 Å². The van der Waals surface area contributed by atoms with Crippen LogP contribution in [-0.4, -0.2) is 24.2 Å². The topological polar surface area (TPSA) is 58.6 Å². The number of carboxylic acids is 1. The number of nitrogens with one attached hydrogen (secondary N) is 1. The first-order chi connectivity index (χ1) is 9.11. The largest absolute Gasteiger partial charge is 0.494 e. The lowest BCUT2D eigenvalue weighted by molar-refractivity contribution is -0.139. The molecule has 0 saturated heterocycles. The highest BCUT2D eigenvalue weighted by atomic mass is 19.1. The predicted molar refractivity (Wildman–Crippen MR) is 68.7 cm³/mol. The molecule has 4 nitrogen and oxygen atoms in total. The van der Waals surface area contributed by atoms with Crippen LogP contribution in [-0.2, 0) is 4.79 Å². The van der Waals surface area contributed by atoms with Gasteiger partial charge in [0.1, 0.15) is 6.04 Å². The Kier molecular flexibility index (Phi) is 4.37. The summed E-state index contributed by atoms with van der Waals surface area (Å²) in [6, 6.07) is 3.59. The van der Waals surface area contributed by atoms with E-state index in [0.717, 1.165) is 25.7 Å². The highest BCUT2D eigenvalue weighted by Crippen LogP contribution is 2.25. The lowest BCUT2D eigenvalue weighted by Crippen LogP contribution is -2.35. The molecule has 0 heterocycles. The van der Waals surface area contributed by atoms with Crippen LogP contribution in [0.1, 0.15) is 37.3 Å². The molecule has 1 saturated carbocycles. The van der Waals surface area contributed by atoms with E-state index < -0.39 is 17.8 Å². The summed E-state index contributed by atoms with van der Waals surface area (Å²) in [5, 5.41) is 12.4. The highest BCUT2D eigenvalue weighted by Gasteiger charge is 2.26. The molecule has 1 atom stereocenters. The number of hydrogen-bond donors (Lipinski definition) is 2. The van der Waals surface area contributed by atoms with Crippen LogP contribution in [0.5, 0.6) is 5.75 Å². The van der Waals surface area contributed by atoms with E-state index in [-0.39, 0.29) is 11.8 Å². The number of methoxy groups -OCH3 is 1. The molecule has 0 aliphatic heterocycles. The number of ether oxygens (including phenoxy) is 1. The minimum absolute atomic E-state index is 0.119. The van der Waals surface area contributed by atoms with Crippen molar-refractivity contribution in [3.63, 3.8) is 0 Å². The van der Waals surface area contributed by atoms with Crippen molar-refractivity contribution in [2.45, 2.75) is 37.8 Å². The second kappa shape index (κ2) is 6.02. The van der Waals surface area contributed by atoms with Crippen LogP contribution in [0.4, 0.5) is 4.39 Å². The van der Waals surface area contributed by atoms with Gasteiger partial charge in [0, 0.05) is 6.04 Å². The summed E-state index contributed by atoms with van der Waals surface area (Å²) in [6.07, 6.45) is 4.17. The molecule has 0 amide bonds. The molecule has 5 heteroatoms. The fraction of sp³-hybridized carbons (Fsp3) is 0.500. The minimum atomic E-state index is -0.989. The van der Waals surface area contributed by atoms with Crippen LogP contribution in [0.25, 0.3) is 0 Å². The van der Waals surface area contributed by atoms with Crippen molar-refractivity contribution in [2.24, 2.45) is 0 Å². The quantitative estimate of drug-likeness (QED) is 0.860. The van der Waals surface area contributed by atoms with Crippen LogP contribution in [0.3, 0.4) is 0 Å². The van der Waals surface area contributed by atoms with E-state index in [1.807, 2.05) is 0 Å². The van der Waals surface area contributed by atoms with E-state index in [9.17, 15) is 14.3 Å². The Morgan fingerprint density at radius 1 is 1.47 bits per heavy atom. The van der Waals surface area contributed by atoms with Gasteiger partial charge in [-0.25, -0.2) is 4.39 Å². The predicted octanol–water partition coefficient (Wildman–Crippen LogP) is 2.49. The lowest BCUT2D eigenvalue weighted by atomic mass is 10.0. The Morgan fingerprint density at radius 2 is 2.16 bits per heavy atom. The lowest BCUT2D eigenvalue weighted by Gasteiger charge is -2.20. The zero-order valence-electron chi connectivity index (χ0n) is 10.9. The average molecular weight is 267 g/mol. The standard InChI is InChI=1S/C14H18FNO3/c1-19-12-7-6-9(8-11(12)15)13(14(17)18)16-10-4-2-3-5-10/h6-8,10,13,16H,2-5H2,1H3,(H,17,18). The molecule has 1 aromatic rings. The van der Waals surface area contributed by atoms with Crippen molar-refractivity contribution in [1.82, 2.24) is 5.32 Å². The van der Waals surface area contributed by atoms with Crippen LogP contribution in [0, 0.1) is 5.82 Å². The van der Waals surface area contributed by atoms with Crippen molar-refractivity contribution in [3.8, 4) is 5.75 Å². The van der Waals surface area contributed by atoms with E-state index in [1.165, 1.54) is 19.2 Å². The number of hydrogen-bond acceptors (Lipinski definition) is 3. The van der Waals surface area contributed by atoms with Gasteiger partial charge >= 0.3 is 5.97 Å². The number of carbonyl (C=O) groups is 1. The van der Waals surface area contributed by atoms with Gasteiger partial charge in [0.15, 0.2) is 11.6 Å². The van der Waals surface area contributed by atoms with Crippen molar-refractivity contribution < 1.29 is 19.0 Å². The Morgan fingerprint density at radius 3 is 2.68 bits per heavy atom. The molecule has 1 aliphatic carbocycles. The summed E-state index contributed by atoms with van der Waals surface area (Å²) >= 11 is 0. The third-order valence-electron chi connectivity index (χ3n) is 3.51. The molecule has 0 spiro atoms. The number of aliphatic carboxylic acids is 1. The average Bonchev–Trinajstić information content (AvgIpc) is 2.88. The number of benzene rings is 1. The van der Waals surface area contributed by atoms with E-state index in [0.29, 0.717) is 5.56 Å². The van der Waals surface area contributed by atoms with Gasteiger partial charge in [-0.3, -0.25) is 10.1 Å². The molecule has 2 rings (SSSR count). The summed E-state index contributed by atoms with van der Waals surface area (Å²) < 4.78 is 18.5. The van der Waals surface area contributed by atoms with Crippen molar-refractivity contribution in [2.75, 3.05) is 7.11 Å². The molecular formula is C14H18FNO3. The molecule has 1 unspecified atom stereocenters. The summed E-state index contributed by atoms with van der Waals surface area (Å²) in [6.45, 7) is 0. The minimum Gasteiger partial charge on any atom is -0.494 e. The van der Waals surface area contributed by atoms with E-state index in [4.69, 9.17) is 4.74 Å². The first-order valence-corrected chi connectivity index (χ1v) is 6.44. The van der Waals surface area contributed by atoms with Crippen LogP contribution >= 0.6 is 0 Å².